The number of hydrogen-bond acceptors (Lipinski definition) is 5. The Balaban J connectivity index is 1.74. The SMILES string of the molecule is COc1ccc2c(C)c(CCC(=O)N[C@H](C)c3cccs3)c(=O)oc2c1. The van der Waals surface area contributed by atoms with Gasteiger partial charge in [0, 0.05) is 28.3 Å². The second-order valence-electron chi connectivity index (χ2n) is 6.16. The maximum absolute atomic E-state index is 12.3. The third-order valence-corrected chi connectivity index (χ3v) is 5.50. The topological polar surface area (TPSA) is 68.5 Å². The average molecular weight is 371 g/mol. The first-order valence-corrected chi connectivity index (χ1v) is 9.30. The normalized spacial score (nSPS) is 12.1. The minimum Gasteiger partial charge on any atom is -0.497 e. The van der Waals surface area contributed by atoms with E-state index < -0.39 is 5.63 Å². The number of benzene rings is 1. The maximum Gasteiger partial charge on any atom is 0.339 e. The summed E-state index contributed by atoms with van der Waals surface area (Å²) < 4.78 is 10.6. The van der Waals surface area contributed by atoms with E-state index in [0.717, 1.165) is 15.8 Å². The van der Waals surface area contributed by atoms with Crippen molar-refractivity contribution in [2.24, 2.45) is 0 Å². The van der Waals surface area contributed by atoms with Crippen molar-refractivity contribution in [3.8, 4) is 5.75 Å². The lowest BCUT2D eigenvalue weighted by Crippen LogP contribution is -2.27. The summed E-state index contributed by atoms with van der Waals surface area (Å²) in [6.45, 7) is 3.83. The van der Waals surface area contributed by atoms with E-state index in [-0.39, 0.29) is 18.4 Å². The molecule has 5 nitrogen and oxygen atoms in total. The molecule has 3 aromatic rings. The highest BCUT2D eigenvalue weighted by molar-refractivity contribution is 7.10. The van der Waals surface area contributed by atoms with Gasteiger partial charge in [-0.25, -0.2) is 4.79 Å². The van der Waals surface area contributed by atoms with E-state index in [1.165, 1.54) is 0 Å². The number of methoxy groups -OCH3 is 1. The van der Waals surface area contributed by atoms with Crippen molar-refractivity contribution >= 4 is 28.2 Å². The van der Waals surface area contributed by atoms with Crippen LogP contribution in [0, 0.1) is 6.92 Å². The van der Waals surface area contributed by atoms with Crippen LogP contribution in [0.5, 0.6) is 5.75 Å². The summed E-state index contributed by atoms with van der Waals surface area (Å²) in [5.41, 5.74) is 1.48. The van der Waals surface area contributed by atoms with Gasteiger partial charge in [-0.2, -0.15) is 0 Å². The van der Waals surface area contributed by atoms with Crippen molar-refractivity contribution in [2.45, 2.75) is 32.7 Å². The Hall–Kier alpha value is -2.60. The van der Waals surface area contributed by atoms with Crippen LogP contribution < -0.4 is 15.7 Å². The van der Waals surface area contributed by atoms with Gasteiger partial charge in [0.2, 0.25) is 5.91 Å². The van der Waals surface area contributed by atoms with Gasteiger partial charge in [-0.05, 0) is 49.4 Å². The molecule has 0 bridgehead atoms. The molecule has 0 unspecified atom stereocenters. The van der Waals surface area contributed by atoms with Crippen LogP contribution in [0.1, 0.15) is 35.4 Å². The van der Waals surface area contributed by atoms with Gasteiger partial charge in [-0.15, -0.1) is 11.3 Å². The number of nitrogens with one attached hydrogen (secondary N) is 1. The average Bonchev–Trinajstić information content (AvgIpc) is 3.15. The molecule has 1 N–H and O–H groups in total. The van der Waals surface area contributed by atoms with Crippen LogP contribution in [0.4, 0.5) is 0 Å². The molecule has 2 aromatic heterocycles. The third kappa shape index (κ3) is 3.80. The molecule has 0 aliphatic carbocycles. The molecule has 26 heavy (non-hydrogen) atoms. The Morgan fingerprint density at radius 3 is 2.85 bits per heavy atom. The fourth-order valence-corrected chi connectivity index (χ4v) is 3.69. The first-order valence-electron chi connectivity index (χ1n) is 8.42. The largest absolute Gasteiger partial charge is 0.497 e. The molecule has 0 radical (unpaired) electrons. The molecule has 0 spiro atoms. The molecule has 1 aromatic carbocycles. The molecule has 1 amide bonds. The van der Waals surface area contributed by atoms with Crippen LogP contribution in [0.3, 0.4) is 0 Å². The molecule has 1 atom stereocenters. The second-order valence-corrected chi connectivity index (χ2v) is 7.14. The van der Waals surface area contributed by atoms with Crippen molar-refractivity contribution in [2.75, 3.05) is 7.11 Å². The maximum atomic E-state index is 12.3. The number of aryl methyl sites for hydroxylation is 1. The molecule has 2 heterocycles. The first kappa shape index (κ1) is 18.2. The van der Waals surface area contributed by atoms with Crippen LogP contribution in [-0.2, 0) is 11.2 Å². The summed E-state index contributed by atoms with van der Waals surface area (Å²) in [4.78, 5) is 25.7. The standard InChI is InChI=1S/C20H21NO4S/c1-12-15-7-6-14(24-3)11-17(15)25-20(23)16(12)8-9-19(22)21-13(2)18-5-4-10-26-18/h4-7,10-11,13H,8-9H2,1-3H3,(H,21,22)/t13-/m1/s1. The zero-order chi connectivity index (χ0) is 18.7. The summed E-state index contributed by atoms with van der Waals surface area (Å²) in [5.74, 6) is 0.550. The Morgan fingerprint density at radius 2 is 2.15 bits per heavy atom. The summed E-state index contributed by atoms with van der Waals surface area (Å²) in [6, 6.07) is 9.31. The lowest BCUT2D eigenvalue weighted by atomic mass is 10.0. The molecule has 0 fully saturated rings. The van der Waals surface area contributed by atoms with Crippen molar-refractivity contribution in [3.05, 3.63) is 62.1 Å². The number of carbonyl (C=O) groups is 1. The Morgan fingerprint density at radius 1 is 1.35 bits per heavy atom. The minimum absolute atomic E-state index is 0.0379. The zero-order valence-corrected chi connectivity index (χ0v) is 15.8. The van der Waals surface area contributed by atoms with Crippen LogP contribution in [0.2, 0.25) is 0 Å². The van der Waals surface area contributed by atoms with Gasteiger partial charge in [0.15, 0.2) is 0 Å². The van der Waals surface area contributed by atoms with E-state index in [9.17, 15) is 9.59 Å². The number of thiophene rings is 1. The Bertz CT molecular complexity index is 975. The molecule has 0 saturated carbocycles. The molecule has 6 heteroatoms. The molecular formula is C20H21NO4S. The summed E-state index contributed by atoms with van der Waals surface area (Å²) in [7, 11) is 1.57. The van der Waals surface area contributed by atoms with Crippen molar-refractivity contribution in [1.29, 1.82) is 0 Å². The van der Waals surface area contributed by atoms with E-state index >= 15 is 0 Å². The Labute approximate surface area is 155 Å². The zero-order valence-electron chi connectivity index (χ0n) is 15.0. The smallest absolute Gasteiger partial charge is 0.339 e. The fraction of sp³-hybridized carbons (Fsp3) is 0.300. The molecule has 0 aliphatic rings. The number of fused-ring (bicyclic) bond motifs is 1. The first-order chi connectivity index (χ1) is 12.5. The van der Waals surface area contributed by atoms with Gasteiger partial charge in [-0.3, -0.25) is 4.79 Å². The summed E-state index contributed by atoms with van der Waals surface area (Å²) >= 11 is 1.61. The number of amides is 1. The van der Waals surface area contributed by atoms with Gasteiger partial charge in [0.25, 0.3) is 0 Å². The summed E-state index contributed by atoms with van der Waals surface area (Å²) in [6.07, 6.45) is 0.585. The highest BCUT2D eigenvalue weighted by Crippen LogP contribution is 2.24. The molecule has 0 saturated heterocycles. The quantitative estimate of drug-likeness (QED) is 0.666. The fourth-order valence-electron chi connectivity index (χ4n) is 2.95. The van der Waals surface area contributed by atoms with E-state index in [2.05, 4.69) is 5.32 Å². The van der Waals surface area contributed by atoms with Gasteiger partial charge in [0.1, 0.15) is 11.3 Å². The lowest BCUT2D eigenvalue weighted by Gasteiger charge is -2.13. The predicted molar refractivity (Wildman–Crippen MR) is 103 cm³/mol. The lowest BCUT2D eigenvalue weighted by molar-refractivity contribution is -0.121. The number of rotatable bonds is 6. The van der Waals surface area contributed by atoms with Gasteiger partial charge in [0.05, 0.1) is 13.2 Å². The van der Waals surface area contributed by atoms with E-state index in [4.69, 9.17) is 9.15 Å². The highest BCUT2D eigenvalue weighted by atomic mass is 32.1. The van der Waals surface area contributed by atoms with Crippen molar-refractivity contribution in [1.82, 2.24) is 5.32 Å². The van der Waals surface area contributed by atoms with E-state index in [1.54, 1.807) is 24.5 Å². The molecular weight excluding hydrogens is 350 g/mol. The third-order valence-electron chi connectivity index (χ3n) is 4.44. The van der Waals surface area contributed by atoms with Crippen LogP contribution in [-0.4, -0.2) is 13.0 Å². The molecule has 0 aliphatic heterocycles. The van der Waals surface area contributed by atoms with E-state index in [0.29, 0.717) is 23.3 Å². The number of ether oxygens (including phenoxy) is 1. The molecule has 136 valence electrons. The van der Waals surface area contributed by atoms with Gasteiger partial charge >= 0.3 is 5.63 Å². The monoisotopic (exact) mass is 371 g/mol. The van der Waals surface area contributed by atoms with Crippen LogP contribution >= 0.6 is 11.3 Å². The number of hydrogen-bond donors (Lipinski definition) is 1. The second kappa shape index (κ2) is 7.74. The molecule has 3 rings (SSSR count). The van der Waals surface area contributed by atoms with Crippen molar-refractivity contribution < 1.29 is 13.9 Å². The van der Waals surface area contributed by atoms with Gasteiger partial charge in [-0.1, -0.05) is 6.07 Å². The summed E-state index contributed by atoms with van der Waals surface area (Å²) in [5, 5.41) is 5.80. The minimum atomic E-state index is -0.401. The van der Waals surface area contributed by atoms with Crippen LogP contribution in [0.25, 0.3) is 11.0 Å². The predicted octanol–water partition coefficient (Wildman–Crippen LogP) is 3.98. The van der Waals surface area contributed by atoms with Gasteiger partial charge < -0.3 is 14.5 Å². The Kier molecular flexibility index (Phi) is 5.42. The van der Waals surface area contributed by atoms with Crippen molar-refractivity contribution in [3.63, 3.8) is 0 Å². The highest BCUT2D eigenvalue weighted by Gasteiger charge is 2.15. The number of carbonyl (C=O) groups excluding carboxylic acids is 1. The van der Waals surface area contributed by atoms with Crippen LogP contribution in [0.15, 0.2) is 44.9 Å². The van der Waals surface area contributed by atoms with E-state index in [1.807, 2.05) is 43.5 Å².